The van der Waals surface area contributed by atoms with Crippen molar-refractivity contribution in [2.45, 2.75) is 47.1 Å². The smallest absolute Gasteiger partial charge is 0.460 e. The van der Waals surface area contributed by atoms with Gasteiger partial charge in [0.2, 0.25) is 0 Å². The summed E-state index contributed by atoms with van der Waals surface area (Å²) in [6, 6.07) is 0. The first-order valence-electron chi connectivity index (χ1n) is 5.75. The lowest BCUT2D eigenvalue weighted by atomic mass is 9.95. The summed E-state index contributed by atoms with van der Waals surface area (Å²) in [6.07, 6.45) is -9.65. The third-order valence-electron chi connectivity index (χ3n) is 2.58. The highest BCUT2D eigenvalue weighted by Gasteiger charge is 2.87. The molecule has 2 nitrogen and oxygen atoms in total. The molecule has 0 amide bonds. The molecule has 0 radical (unpaired) electrons. The van der Waals surface area contributed by atoms with Crippen LogP contribution in [0.2, 0.25) is 0 Å². The van der Waals surface area contributed by atoms with Gasteiger partial charge >= 0.3 is 35.8 Å². The number of carbonyl (C=O) groups is 1. The zero-order valence-electron chi connectivity index (χ0n) is 11.3. The maximum absolute atomic E-state index is 13.3. The van der Waals surface area contributed by atoms with Gasteiger partial charge in [-0.05, 0) is 6.92 Å². The molecule has 1 atom stereocenters. The molecule has 0 saturated heterocycles. The van der Waals surface area contributed by atoms with Crippen molar-refractivity contribution in [3.05, 3.63) is 0 Å². The predicted octanol–water partition coefficient (Wildman–Crippen LogP) is 4.85. The Bertz CT molecular complexity index is 460. The molecule has 144 valence electrons. The van der Waals surface area contributed by atoms with Crippen LogP contribution in [0, 0.1) is 0 Å². The molecule has 0 aromatic heterocycles. The van der Waals surface area contributed by atoms with Crippen molar-refractivity contribution in [1.29, 1.82) is 0 Å². The van der Waals surface area contributed by atoms with Gasteiger partial charge in [-0.2, -0.15) is 48.3 Å². The highest BCUT2D eigenvalue weighted by molar-refractivity contribution is 14.1. The Morgan fingerprint density at radius 2 is 1.29 bits per heavy atom. The first-order valence-corrected chi connectivity index (χ1v) is 7.00. The summed E-state index contributed by atoms with van der Waals surface area (Å²) in [4.78, 5) is 11.0. The summed E-state index contributed by atoms with van der Waals surface area (Å²) in [7, 11) is 0. The third-order valence-corrected chi connectivity index (χ3v) is 3.53. The SMILES string of the molecule is CCOC(=O)C(I)CC(F)(F)C(F)(F)C(F)(F)C(F)(F)C(F)(F)F. The van der Waals surface area contributed by atoms with Gasteiger partial charge in [0.1, 0.15) is 3.92 Å². The molecule has 24 heavy (non-hydrogen) atoms. The fraction of sp³-hybridized carbons (Fsp3) is 0.900. The maximum Gasteiger partial charge on any atom is 0.460 e. The number of alkyl halides is 12. The summed E-state index contributed by atoms with van der Waals surface area (Å²) in [5.41, 5.74) is 0. The van der Waals surface area contributed by atoms with Gasteiger partial charge < -0.3 is 4.74 Å². The average molecular weight is 496 g/mol. The molecule has 0 aromatic carbocycles. The van der Waals surface area contributed by atoms with E-state index < -0.39 is 52.8 Å². The Balaban J connectivity index is 5.73. The second-order valence-corrected chi connectivity index (χ2v) is 5.85. The Hall–Kier alpha value is -0.570. The Labute approximate surface area is 140 Å². The van der Waals surface area contributed by atoms with Gasteiger partial charge in [0.05, 0.1) is 6.61 Å². The minimum absolute atomic E-state index is 0.400. The topological polar surface area (TPSA) is 26.3 Å². The van der Waals surface area contributed by atoms with Crippen molar-refractivity contribution in [3.8, 4) is 0 Å². The van der Waals surface area contributed by atoms with E-state index in [2.05, 4.69) is 4.74 Å². The largest absolute Gasteiger partial charge is 0.465 e. The minimum Gasteiger partial charge on any atom is -0.465 e. The molecule has 0 fully saturated rings. The van der Waals surface area contributed by atoms with Gasteiger partial charge in [-0.25, -0.2) is 0 Å². The second-order valence-electron chi connectivity index (χ2n) is 4.35. The van der Waals surface area contributed by atoms with E-state index in [9.17, 15) is 53.1 Å². The van der Waals surface area contributed by atoms with Crippen LogP contribution in [0.1, 0.15) is 13.3 Å². The maximum atomic E-state index is 13.3. The second kappa shape index (κ2) is 6.97. The highest BCUT2D eigenvalue weighted by atomic mass is 127. The van der Waals surface area contributed by atoms with Crippen LogP contribution in [-0.4, -0.2) is 46.4 Å². The number of carbonyl (C=O) groups excluding carboxylic acids is 1. The first kappa shape index (κ1) is 23.4. The van der Waals surface area contributed by atoms with Crippen LogP contribution in [0.5, 0.6) is 0 Å². The molecule has 0 spiro atoms. The Kier molecular flexibility index (Phi) is 6.81. The Morgan fingerprint density at radius 1 is 0.875 bits per heavy atom. The number of halogens is 12. The Morgan fingerprint density at radius 3 is 1.62 bits per heavy atom. The van der Waals surface area contributed by atoms with E-state index in [1.54, 1.807) is 0 Å². The molecule has 0 aromatic rings. The van der Waals surface area contributed by atoms with Gasteiger partial charge in [-0.3, -0.25) is 4.79 Å². The standard InChI is InChI=1S/C10H8F11IO2/c1-2-24-5(23)4(22)3-6(11,12)7(13,14)8(15,16)9(17,18)10(19,20)21/h4H,2-3H2,1H3. The molecule has 1 unspecified atom stereocenters. The van der Waals surface area contributed by atoms with Crippen LogP contribution < -0.4 is 0 Å². The molecule has 0 N–H and O–H groups in total. The van der Waals surface area contributed by atoms with Gasteiger partial charge in [-0.1, -0.05) is 22.6 Å². The van der Waals surface area contributed by atoms with Gasteiger partial charge in [-0.15, -0.1) is 0 Å². The lowest BCUT2D eigenvalue weighted by Gasteiger charge is -2.37. The van der Waals surface area contributed by atoms with Crippen molar-refractivity contribution in [2.75, 3.05) is 6.61 Å². The minimum atomic E-state index is -7.47. The van der Waals surface area contributed by atoms with Gasteiger partial charge in [0.25, 0.3) is 0 Å². The lowest BCUT2D eigenvalue weighted by Crippen LogP contribution is -2.66. The van der Waals surface area contributed by atoms with Crippen LogP contribution in [0.4, 0.5) is 48.3 Å². The van der Waals surface area contributed by atoms with Gasteiger partial charge in [0.15, 0.2) is 0 Å². The van der Waals surface area contributed by atoms with E-state index in [0.29, 0.717) is 0 Å². The molecule has 0 saturated carbocycles. The van der Waals surface area contributed by atoms with E-state index in [0.717, 1.165) is 22.6 Å². The van der Waals surface area contributed by atoms with Crippen molar-refractivity contribution < 1.29 is 57.8 Å². The van der Waals surface area contributed by atoms with Crippen molar-refractivity contribution >= 4 is 28.6 Å². The van der Waals surface area contributed by atoms with Gasteiger partial charge in [0, 0.05) is 6.42 Å². The summed E-state index contributed by atoms with van der Waals surface area (Å²) in [6.45, 7) is 0.786. The molecule has 0 bridgehead atoms. The lowest BCUT2D eigenvalue weighted by molar-refractivity contribution is -0.422. The third kappa shape index (κ3) is 3.98. The molecule has 0 aliphatic rings. The molecular formula is C10H8F11IO2. The molecular weight excluding hydrogens is 488 g/mol. The number of rotatable bonds is 7. The van der Waals surface area contributed by atoms with Crippen molar-refractivity contribution in [2.24, 2.45) is 0 Å². The average Bonchev–Trinajstić information content (AvgIpc) is 2.36. The molecule has 0 rings (SSSR count). The quantitative estimate of drug-likeness (QED) is 0.218. The summed E-state index contributed by atoms with van der Waals surface area (Å²) >= 11 is 0.779. The monoisotopic (exact) mass is 496 g/mol. The van der Waals surface area contributed by atoms with Crippen LogP contribution in [0.25, 0.3) is 0 Å². The zero-order chi connectivity index (χ0) is 19.8. The van der Waals surface area contributed by atoms with Crippen LogP contribution in [0.15, 0.2) is 0 Å². The van der Waals surface area contributed by atoms with E-state index >= 15 is 0 Å². The molecule has 0 heterocycles. The van der Waals surface area contributed by atoms with Crippen molar-refractivity contribution in [3.63, 3.8) is 0 Å². The summed E-state index contributed by atoms with van der Waals surface area (Å²) in [5.74, 6) is -29.6. The van der Waals surface area contributed by atoms with E-state index in [1.807, 2.05) is 0 Å². The number of ether oxygens (including phenoxy) is 1. The van der Waals surface area contributed by atoms with Crippen LogP contribution in [0.3, 0.4) is 0 Å². The van der Waals surface area contributed by atoms with Crippen molar-refractivity contribution in [1.82, 2.24) is 0 Å². The normalized spacial score (nSPS) is 16.0. The van der Waals surface area contributed by atoms with E-state index in [-0.39, 0.29) is 0 Å². The number of hydrogen-bond donors (Lipinski definition) is 0. The summed E-state index contributed by atoms with van der Waals surface area (Å²) < 4.78 is 142. The first-order chi connectivity index (χ1) is 10.4. The fourth-order valence-electron chi connectivity index (χ4n) is 1.27. The predicted molar refractivity (Wildman–Crippen MR) is 64.9 cm³/mol. The fourth-order valence-corrected chi connectivity index (χ4v) is 2.01. The number of hydrogen-bond acceptors (Lipinski definition) is 2. The van der Waals surface area contributed by atoms with E-state index in [1.165, 1.54) is 6.92 Å². The zero-order valence-corrected chi connectivity index (χ0v) is 13.5. The molecule has 0 aliphatic heterocycles. The number of esters is 1. The van der Waals surface area contributed by atoms with E-state index in [4.69, 9.17) is 0 Å². The van der Waals surface area contributed by atoms with Crippen LogP contribution in [-0.2, 0) is 9.53 Å². The molecule has 0 aliphatic carbocycles. The highest BCUT2D eigenvalue weighted by Crippen LogP contribution is 2.58. The summed E-state index contributed by atoms with van der Waals surface area (Å²) in [5, 5.41) is 0. The van der Waals surface area contributed by atoms with Crippen LogP contribution >= 0.6 is 22.6 Å². The molecule has 14 heteroatoms.